The van der Waals surface area contributed by atoms with Gasteiger partial charge in [-0.3, -0.25) is 9.35 Å². The normalized spacial score (nSPS) is 11.7. The van der Waals surface area contributed by atoms with E-state index in [1.807, 2.05) is 0 Å². The average molecular weight is 574 g/mol. The van der Waals surface area contributed by atoms with Gasteiger partial charge in [-0.05, 0) is 47.7 Å². The summed E-state index contributed by atoms with van der Waals surface area (Å²) < 4.78 is 38.2. The third-order valence-electron chi connectivity index (χ3n) is 5.64. The zero-order chi connectivity index (χ0) is 27.6. The second-order valence-corrected chi connectivity index (χ2v) is 10.4. The lowest BCUT2D eigenvalue weighted by Gasteiger charge is -2.12. The molecule has 4 aromatic rings. The summed E-state index contributed by atoms with van der Waals surface area (Å²) >= 11 is 12.5. The van der Waals surface area contributed by atoms with E-state index in [4.69, 9.17) is 27.9 Å². The molecule has 0 aliphatic heterocycles. The number of ether oxygens (including phenoxy) is 1. The molecule has 0 heterocycles. The van der Waals surface area contributed by atoms with Gasteiger partial charge in [0, 0.05) is 22.2 Å². The van der Waals surface area contributed by atoms with Crippen LogP contribution in [0, 0.1) is 0 Å². The number of aryl methyl sites for hydroxylation is 1. The van der Waals surface area contributed by atoms with E-state index in [2.05, 4.69) is 15.5 Å². The van der Waals surface area contributed by atoms with Crippen LogP contribution in [0.2, 0.25) is 10.0 Å². The Morgan fingerprint density at radius 3 is 2.47 bits per heavy atom. The van der Waals surface area contributed by atoms with Crippen LogP contribution in [0.15, 0.2) is 75.8 Å². The maximum atomic E-state index is 13.2. The number of halogens is 2. The van der Waals surface area contributed by atoms with Crippen molar-refractivity contribution in [3.8, 4) is 11.5 Å². The molecule has 0 unspecified atom stereocenters. The number of fused-ring (bicyclic) bond motifs is 1. The molecule has 4 aromatic carbocycles. The minimum absolute atomic E-state index is 0.0386. The number of aromatic hydroxyl groups is 1. The van der Waals surface area contributed by atoms with Crippen LogP contribution in [0.5, 0.6) is 11.5 Å². The van der Waals surface area contributed by atoms with Crippen LogP contribution in [0.4, 0.5) is 17.1 Å². The molecule has 0 spiro atoms. The number of carbonyl (C=O) groups excluding carboxylic acids is 1. The Morgan fingerprint density at radius 2 is 1.79 bits per heavy atom. The lowest BCUT2D eigenvalue weighted by molar-refractivity contribution is 0.102. The van der Waals surface area contributed by atoms with Crippen LogP contribution in [-0.2, 0) is 16.5 Å². The topological polar surface area (TPSA) is 138 Å². The quantitative estimate of drug-likeness (QED) is 0.156. The number of hydrogen-bond acceptors (Lipinski definition) is 7. The van der Waals surface area contributed by atoms with Crippen LogP contribution in [0.1, 0.15) is 22.8 Å². The van der Waals surface area contributed by atoms with Crippen molar-refractivity contribution < 1.29 is 27.6 Å². The van der Waals surface area contributed by atoms with Crippen molar-refractivity contribution in [3.05, 3.63) is 81.8 Å². The van der Waals surface area contributed by atoms with Gasteiger partial charge in [-0.25, -0.2) is 0 Å². The number of phenolic OH excluding ortho intramolecular Hbond substituents is 1. The van der Waals surface area contributed by atoms with Gasteiger partial charge < -0.3 is 15.2 Å². The number of amides is 1. The fraction of sp³-hybridized carbons (Fsp3) is 0.115. The average Bonchev–Trinajstić information content (AvgIpc) is 2.87. The monoisotopic (exact) mass is 573 g/mol. The summed E-state index contributed by atoms with van der Waals surface area (Å²) in [7, 11) is -3.07. The number of methoxy groups -OCH3 is 1. The van der Waals surface area contributed by atoms with Gasteiger partial charge in [0.25, 0.3) is 16.0 Å². The SMILES string of the molecule is CCc1cc(S(=O)(=O)O)cc(N=Nc2c(O)c(C(=O)Nc3cc(Cl)cc(OC)c3)cc3ccccc23)c1Cl. The summed E-state index contributed by atoms with van der Waals surface area (Å²) in [5, 5.41) is 23.5. The first-order valence-electron chi connectivity index (χ1n) is 11.1. The molecule has 1 amide bonds. The Kier molecular flexibility index (Phi) is 7.89. The van der Waals surface area contributed by atoms with E-state index in [9.17, 15) is 22.9 Å². The molecular formula is C26H21Cl2N3O6S. The molecule has 0 radical (unpaired) electrons. The van der Waals surface area contributed by atoms with E-state index < -0.39 is 26.7 Å². The number of nitrogens with zero attached hydrogens (tertiary/aromatic N) is 2. The predicted molar refractivity (Wildman–Crippen MR) is 146 cm³/mol. The van der Waals surface area contributed by atoms with Crippen LogP contribution in [0.25, 0.3) is 10.8 Å². The first-order chi connectivity index (χ1) is 18.0. The third kappa shape index (κ3) is 5.73. The Bertz CT molecular complexity index is 1710. The Labute approximate surface area is 228 Å². The molecule has 12 heteroatoms. The van der Waals surface area contributed by atoms with E-state index in [1.54, 1.807) is 43.3 Å². The zero-order valence-electron chi connectivity index (χ0n) is 20.1. The highest BCUT2D eigenvalue weighted by Gasteiger charge is 2.20. The summed E-state index contributed by atoms with van der Waals surface area (Å²) in [6.07, 6.45) is 0.364. The van der Waals surface area contributed by atoms with Gasteiger partial charge in [-0.2, -0.15) is 8.42 Å². The van der Waals surface area contributed by atoms with Crippen molar-refractivity contribution in [3.63, 3.8) is 0 Å². The number of nitrogens with one attached hydrogen (secondary N) is 1. The van der Waals surface area contributed by atoms with Crippen molar-refractivity contribution in [1.82, 2.24) is 0 Å². The minimum Gasteiger partial charge on any atom is -0.505 e. The van der Waals surface area contributed by atoms with E-state index in [0.29, 0.717) is 39.2 Å². The minimum atomic E-state index is -4.54. The molecule has 0 fully saturated rings. The van der Waals surface area contributed by atoms with Gasteiger partial charge in [0.2, 0.25) is 0 Å². The van der Waals surface area contributed by atoms with E-state index in [1.165, 1.54) is 25.3 Å². The van der Waals surface area contributed by atoms with Crippen molar-refractivity contribution >= 4 is 67.1 Å². The maximum absolute atomic E-state index is 13.2. The van der Waals surface area contributed by atoms with E-state index in [0.717, 1.165) is 6.07 Å². The molecule has 0 aliphatic rings. The summed E-state index contributed by atoms with van der Waals surface area (Å²) in [5.41, 5.74) is 0.598. The number of hydrogen-bond donors (Lipinski definition) is 3. The Hall–Kier alpha value is -3.70. The van der Waals surface area contributed by atoms with Crippen molar-refractivity contribution in [2.75, 3.05) is 12.4 Å². The molecule has 0 aromatic heterocycles. The zero-order valence-corrected chi connectivity index (χ0v) is 22.4. The Balaban J connectivity index is 1.82. The standard InChI is InChI=1S/C26H21Cl2N3O6S/c1-3-14-8-19(38(34,35)36)13-22(23(14)28)30-31-24-20-7-5-4-6-15(20)9-21(25(24)32)26(33)29-17-10-16(27)11-18(12-17)37-2/h4-13,32H,3H2,1-2H3,(H,29,33)(H,34,35,36). The summed E-state index contributed by atoms with van der Waals surface area (Å²) in [4.78, 5) is 12.8. The van der Waals surface area contributed by atoms with Crippen LogP contribution < -0.4 is 10.1 Å². The van der Waals surface area contributed by atoms with Crippen LogP contribution in [-0.4, -0.2) is 31.1 Å². The predicted octanol–water partition coefficient (Wildman–Crippen LogP) is 7.34. The maximum Gasteiger partial charge on any atom is 0.294 e. The number of carbonyl (C=O) groups is 1. The molecule has 3 N–H and O–H groups in total. The molecule has 0 atom stereocenters. The van der Waals surface area contributed by atoms with Gasteiger partial charge in [0.05, 0.1) is 22.6 Å². The molecule has 4 rings (SSSR count). The lowest BCUT2D eigenvalue weighted by Crippen LogP contribution is -2.12. The second-order valence-electron chi connectivity index (χ2n) is 8.12. The molecule has 0 aliphatic carbocycles. The summed E-state index contributed by atoms with van der Waals surface area (Å²) in [6, 6.07) is 15.4. The first-order valence-corrected chi connectivity index (χ1v) is 13.3. The van der Waals surface area contributed by atoms with Gasteiger partial charge in [-0.1, -0.05) is 54.4 Å². The molecule has 0 saturated heterocycles. The summed E-state index contributed by atoms with van der Waals surface area (Å²) in [6.45, 7) is 1.76. The molecular weight excluding hydrogens is 553 g/mol. The van der Waals surface area contributed by atoms with Gasteiger partial charge in [0.1, 0.15) is 17.1 Å². The molecule has 196 valence electrons. The van der Waals surface area contributed by atoms with Crippen molar-refractivity contribution in [1.29, 1.82) is 0 Å². The smallest absolute Gasteiger partial charge is 0.294 e. The molecule has 0 bridgehead atoms. The number of azo groups is 1. The van der Waals surface area contributed by atoms with Gasteiger partial charge >= 0.3 is 0 Å². The largest absolute Gasteiger partial charge is 0.505 e. The number of phenols is 1. The summed E-state index contributed by atoms with van der Waals surface area (Å²) in [5.74, 6) is -0.675. The van der Waals surface area contributed by atoms with E-state index in [-0.39, 0.29) is 22.0 Å². The van der Waals surface area contributed by atoms with Crippen molar-refractivity contribution in [2.24, 2.45) is 10.2 Å². The lowest BCUT2D eigenvalue weighted by atomic mass is 10.0. The number of benzene rings is 4. The second kappa shape index (κ2) is 11.0. The van der Waals surface area contributed by atoms with E-state index >= 15 is 0 Å². The molecule has 9 nitrogen and oxygen atoms in total. The number of anilines is 1. The van der Waals surface area contributed by atoms with Crippen LogP contribution >= 0.6 is 23.2 Å². The molecule has 0 saturated carbocycles. The highest BCUT2D eigenvalue weighted by Crippen LogP contribution is 2.41. The van der Waals surface area contributed by atoms with Crippen molar-refractivity contribution in [2.45, 2.75) is 18.2 Å². The fourth-order valence-electron chi connectivity index (χ4n) is 3.77. The van der Waals surface area contributed by atoms with Gasteiger partial charge in [0.15, 0.2) is 5.75 Å². The number of rotatable bonds is 7. The fourth-order valence-corrected chi connectivity index (χ4v) is 4.82. The molecule has 38 heavy (non-hydrogen) atoms. The highest BCUT2D eigenvalue weighted by atomic mass is 35.5. The highest BCUT2D eigenvalue weighted by molar-refractivity contribution is 7.85. The first kappa shape index (κ1) is 27.3. The van der Waals surface area contributed by atoms with Crippen LogP contribution in [0.3, 0.4) is 0 Å². The third-order valence-corrected chi connectivity index (χ3v) is 7.13. The van der Waals surface area contributed by atoms with Gasteiger partial charge in [-0.15, -0.1) is 10.2 Å². The Morgan fingerprint density at radius 1 is 1.05 bits per heavy atom.